The third-order valence-corrected chi connectivity index (χ3v) is 9.59. The highest BCUT2D eigenvalue weighted by molar-refractivity contribution is 5.76. The molecule has 1 N–H and O–H groups in total. The number of hydrogen-bond donors (Lipinski definition) is 1. The van der Waals surface area contributed by atoms with E-state index in [4.69, 9.17) is 9.84 Å². The molecule has 4 heteroatoms. The van der Waals surface area contributed by atoms with Crippen LogP contribution in [0.4, 0.5) is 0 Å². The zero-order valence-corrected chi connectivity index (χ0v) is 18.4. The molecule has 0 aromatic heterocycles. The average Bonchev–Trinajstić information content (AvgIpc) is 3.03. The molecule has 162 valence electrons. The smallest absolute Gasteiger partial charge is 0.306 e. The Morgan fingerprint density at radius 2 is 1.90 bits per heavy atom. The first-order valence-electron chi connectivity index (χ1n) is 11.9. The fourth-order valence-corrected chi connectivity index (χ4v) is 7.96. The summed E-state index contributed by atoms with van der Waals surface area (Å²) >= 11 is 0. The van der Waals surface area contributed by atoms with Gasteiger partial charge in [-0.1, -0.05) is 38.8 Å². The van der Waals surface area contributed by atoms with E-state index in [0.717, 1.165) is 42.9 Å². The molecule has 0 spiro atoms. The number of carbonyl (C=O) groups excluding carboxylic acids is 1. The summed E-state index contributed by atoms with van der Waals surface area (Å²) in [5.74, 6) is 2.09. The van der Waals surface area contributed by atoms with E-state index in [1.165, 1.54) is 44.1 Å². The first-order chi connectivity index (χ1) is 13.8. The molecular weight excluding hydrogens is 364 g/mol. The van der Waals surface area contributed by atoms with E-state index < -0.39 is 5.97 Å². The quantitative estimate of drug-likeness (QED) is 0.469. The van der Waals surface area contributed by atoms with Crippen LogP contribution in [0.5, 0.6) is 0 Å². The van der Waals surface area contributed by atoms with Gasteiger partial charge in [-0.3, -0.25) is 9.59 Å². The molecule has 0 heterocycles. The Kier molecular flexibility index (Phi) is 5.59. The molecule has 0 radical (unpaired) electrons. The summed E-state index contributed by atoms with van der Waals surface area (Å²) in [6.07, 6.45) is 13.2. The zero-order valence-electron chi connectivity index (χ0n) is 18.4. The van der Waals surface area contributed by atoms with Crippen molar-refractivity contribution >= 4 is 11.9 Å². The lowest BCUT2D eigenvalue weighted by atomic mass is 9.47. The Hall–Kier alpha value is -1.32. The van der Waals surface area contributed by atoms with Crippen LogP contribution in [0.2, 0.25) is 0 Å². The second-order valence-corrected chi connectivity index (χ2v) is 10.7. The van der Waals surface area contributed by atoms with Gasteiger partial charge in [0, 0.05) is 6.42 Å². The fourth-order valence-electron chi connectivity index (χ4n) is 7.96. The molecule has 4 nitrogen and oxygen atoms in total. The van der Waals surface area contributed by atoms with Crippen LogP contribution >= 0.6 is 0 Å². The van der Waals surface area contributed by atoms with Crippen molar-refractivity contribution in [2.45, 2.75) is 97.5 Å². The molecule has 4 rings (SSSR count). The highest BCUT2D eigenvalue weighted by Crippen LogP contribution is 2.66. The molecule has 0 saturated heterocycles. The third kappa shape index (κ3) is 3.55. The first kappa shape index (κ1) is 20.9. The standard InChI is InChI=1S/C25H38O4/c1-4-16-6-8-20-19-7-5-17-15-18(29-23(28)10-9-22(26)27)11-13-25(17,3)21(19)12-14-24(16,20)2/h5,16,18-21H,4,6-15H2,1-3H3,(H,26,27)/t16-,18-,19-,20-,21-,24+,25-/m0/s1. The Labute approximate surface area is 175 Å². The van der Waals surface area contributed by atoms with Gasteiger partial charge in [0.15, 0.2) is 0 Å². The van der Waals surface area contributed by atoms with Gasteiger partial charge in [-0.15, -0.1) is 0 Å². The van der Waals surface area contributed by atoms with Gasteiger partial charge in [0.1, 0.15) is 6.10 Å². The summed E-state index contributed by atoms with van der Waals surface area (Å²) in [6, 6.07) is 0. The number of carboxylic acid groups (broad SMARTS) is 1. The number of hydrogen-bond acceptors (Lipinski definition) is 3. The minimum atomic E-state index is -0.944. The largest absolute Gasteiger partial charge is 0.481 e. The number of allylic oxidation sites excluding steroid dienone is 1. The molecular formula is C25H38O4. The predicted octanol–water partition coefficient (Wildman–Crippen LogP) is 5.75. The van der Waals surface area contributed by atoms with Crippen LogP contribution in [-0.4, -0.2) is 23.1 Å². The van der Waals surface area contributed by atoms with Crippen molar-refractivity contribution in [3.05, 3.63) is 11.6 Å². The lowest BCUT2D eigenvalue weighted by Gasteiger charge is -2.58. The number of fused-ring (bicyclic) bond motifs is 5. The fraction of sp³-hybridized carbons (Fsp3) is 0.840. The van der Waals surface area contributed by atoms with Crippen molar-refractivity contribution in [1.29, 1.82) is 0 Å². The van der Waals surface area contributed by atoms with Crippen LogP contribution in [-0.2, 0) is 14.3 Å². The molecule has 0 bridgehead atoms. The summed E-state index contributed by atoms with van der Waals surface area (Å²) in [4.78, 5) is 22.7. The molecule has 0 aromatic carbocycles. The van der Waals surface area contributed by atoms with Crippen molar-refractivity contribution in [2.24, 2.45) is 34.5 Å². The van der Waals surface area contributed by atoms with Crippen LogP contribution < -0.4 is 0 Å². The van der Waals surface area contributed by atoms with Crippen LogP contribution in [0.15, 0.2) is 11.6 Å². The SMILES string of the molecule is CC[C@H]1CC[C@H]2[C@@H]3CC=C4C[C@@H](OC(=O)CCC(=O)O)CC[C@]4(C)[C@H]3CC[C@]12C. The Balaban J connectivity index is 1.45. The van der Waals surface area contributed by atoms with Crippen LogP contribution in [0.3, 0.4) is 0 Å². The molecule has 29 heavy (non-hydrogen) atoms. The number of carboxylic acids is 1. The second-order valence-electron chi connectivity index (χ2n) is 10.7. The number of ether oxygens (including phenoxy) is 1. The minimum absolute atomic E-state index is 0.0221. The summed E-state index contributed by atoms with van der Waals surface area (Å²) in [5.41, 5.74) is 2.32. The highest BCUT2D eigenvalue weighted by atomic mass is 16.5. The average molecular weight is 403 g/mol. The number of aliphatic carboxylic acids is 1. The minimum Gasteiger partial charge on any atom is -0.481 e. The Morgan fingerprint density at radius 1 is 1.10 bits per heavy atom. The molecule has 0 unspecified atom stereocenters. The number of rotatable bonds is 5. The molecule has 4 aliphatic rings. The van der Waals surface area contributed by atoms with Crippen molar-refractivity contribution in [3.63, 3.8) is 0 Å². The van der Waals surface area contributed by atoms with Crippen molar-refractivity contribution in [3.8, 4) is 0 Å². The van der Waals surface area contributed by atoms with Crippen LogP contribution in [0.1, 0.15) is 91.4 Å². The number of esters is 1. The lowest BCUT2D eigenvalue weighted by Crippen LogP contribution is -2.50. The maximum atomic E-state index is 12.0. The molecule has 0 aromatic rings. The van der Waals surface area contributed by atoms with Crippen LogP contribution in [0.25, 0.3) is 0 Å². The maximum Gasteiger partial charge on any atom is 0.306 e. The first-order valence-corrected chi connectivity index (χ1v) is 11.9. The van der Waals surface area contributed by atoms with Gasteiger partial charge in [0.25, 0.3) is 0 Å². The van der Waals surface area contributed by atoms with E-state index in [1.807, 2.05) is 0 Å². The molecule has 3 fully saturated rings. The second kappa shape index (κ2) is 7.74. The third-order valence-electron chi connectivity index (χ3n) is 9.59. The maximum absolute atomic E-state index is 12.0. The van der Waals surface area contributed by atoms with Gasteiger partial charge in [-0.2, -0.15) is 0 Å². The molecule has 0 aliphatic heterocycles. The van der Waals surface area contributed by atoms with Crippen molar-refractivity contribution in [2.75, 3.05) is 0 Å². The Morgan fingerprint density at radius 3 is 2.62 bits per heavy atom. The van der Waals surface area contributed by atoms with Gasteiger partial charge in [-0.25, -0.2) is 0 Å². The van der Waals surface area contributed by atoms with Crippen molar-refractivity contribution < 1.29 is 19.4 Å². The van der Waals surface area contributed by atoms with E-state index in [9.17, 15) is 9.59 Å². The summed E-state index contributed by atoms with van der Waals surface area (Å²) in [6.45, 7) is 7.45. The van der Waals surface area contributed by atoms with Gasteiger partial charge in [-0.05, 0) is 79.4 Å². The summed E-state index contributed by atoms with van der Waals surface area (Å²) < 4.78 is 5.64. The Bertz CT molecular complexity index is 697. The van der Waals surface area contributed by atoms with E-state index in [-0.39, 0.29) is 30.3 Å². The predicted molar refractivity (Wildman–Crippen MR) is 112 cm³/mol. The summed E-state index contributed by atoms with van der Waals surface area (Å²) in [5, 5.41) is 8.76. The van der Waals surface area contributed by atoms with E-state index in [2.05, 4.69) is 26.8 Å². The lowest BCUT2D eigenvalue weighted by molar-refractivity contribution is -0.154. The van der Waals surface area contributed by atoms with Crippen molar-refractivity contribution in [1.82, 2.24) is 0 Å². The summed E-state index contributed by atoms with van der Waals surface area (Å²) in [7, 11) is 0. The van der Waals surface area contributed by atoms with Gasteiger partial charge in [0.05, 0.1) is 12.8 Å². The molecule has 3 saturated carbocycles. The van der Waals surface area contributed by atoms with Gasteiger partial charge >= 0.3 is 11.9 Å². The zero-order chi connectivity index (χ0) is 20.8. The highest BCUT2D eigenvalue weighted by Gasteiger charge is 2.58. The van der Waals surface area contributed by atoms with E-state index >= 15 is 0 Å². The topological polar surface area (TPSA) is 63.6 Å². The van der Waals surface area contributed by atoms with Gasteiger partial charge in [0.2, 0.25) is 0 Å². The van der Waals surface area contributed by atoms with Gasteiger partial charge < -0.3 is 9.84 Å². The van der Waals surface area contributed by atoms with Crippen LogP contribution in [0, 0.1) is 34.5 Å². The molecule has 0 amide bonds. The van der Waals surface area contributed by atoms with E-state index in [1.54, 1.807) is 0 Å². The normalized spacial score (nSPS) is 43.6. The molecule has 4 aliphatic carbocycles. The number of carbonyl (C=O) groups is 2. The van der Waals surface area contributed by atoms with E-state index in [0.29, 0.717) is 5.41 Å². The molecule has 7 atom stereocenters. The monoisotopic (exact) mass is 402 g/mol.